The summed E-state index contributed by atoms with van der Waals surface area (Å²) in [5.74, 6) is -2.55. The fraction of sp³-hybridized carbons (Fsp3) is 0.111. The molecule has 0 saturated carbocycles. The first kappa shape index (κ1) is 19.1. The van der Waals surface area contributed by atoms with Crippen molar-refractivity contribution in [3.63, 3.8) is 0 Å². The number of rotatable bonds is 4. The summed E-state index contributed by atoms with van der Waals surface area (Å²) >= 11 is 0. The van der Waals surface area contributed by atoms with Crippen LogP contribution in [0.15, 0.2) is 53.1 Å². The van der Waals surface area contributed by atoms with Crippen molar-refractivity contribution in [2.24, 2.45) is 0 Å². The summed E-state index contributed by atoms with van der Waals surface area (Å²) < 4.78 is 41.8. The summed E-state index contributed by atoms with van der Waals surface area (Å²) in [6.45, 7) is 0. The van der Waals surface area contributed by atoms with E-state index < -0.39 is 18.0 Å². The third-order valence-corrected chi connectivity index (χ3v) is 3.72. The maximum Gasteiger partial charge on any atom is 0.471 e. The van der Waals surface area contributed by atoms with Crippen molar-refractivity contribution < 1.29 is 27.3 Å². The molecule has 0 radical (unpaired) electrons. The second-order valence-electron chi connectivity index (χ2n) is 5.58. The van der Waals surface area contributed by atoms with Gasteiger partial charge >= 0.3 is 12.1 Å². The Bertz CT molecular complexity index is 1010. The number of nitrogens with one attached hydrogen (secondary N) is 2. The Kier molecular flexibility index (Phi) is 5.12. The van der Waals surface area contributed by atoms with Crippen molar-refractivity contribution in [3.05, 3.63) is 65.5 Å². The molecule has 144 valence electrons. The van der Waals surface area contributed by atoms with Gasteiger partial charge in [0.15, 0.2) is 0 Å². The van der Waals surface area contributed by atoms with E-state index in [4.69, 9.17) is 0 Å². The topological polar surface area (TPSA) is 97.1 Å². The number of aromatic nitrogens is 2. The van der Waals surface area contributed by atoms with Crippen molar-refractivity contribution >= 4 is 17.5 Å². The molecule has 0 atom stereocenters. The van der Waals surface area contributed by atoms with Crippen LogP contribution >= 0.6 is 0 Å². The van der Waals surface area contributed by atoms with Crippen LogP contribution < -0.4 is 10.6 Å². The lowest BCUT2D eigenvalue weighted by atomic mass is 10.1. The number of halogens is 3. The minimum atomic E-state index is -4.73. The Labute approximate surface area is 156 Å². The standard InChI is InChI=1S/C18H13F3N4O3/c1-22-16(27)12-4-2-3-5-13(12)23-15(26)11-8-6-10(7-9-11)14-24-17(28-25-14)18(19,20)21/h2-9H,1H3,(H,22,27)(H,23,26). The van der Waals surface area contributed by atoms with Gasteiger partial charge in [-0.05, 0) is 24.3 Å². The predicted octanol–water partition coefficient (Wildman–Crippen LogP) is 3.37. The third kappa shape index (κ3) is 4.00. The van der Waals surface area contributed by atoms with Crippen molar-refractivity contribution in [2.75, 3.05) is 12.4 Å². The van der Waals surface area contributed by atoms with Crippen LogP contribution in [0.25, 0.3) is 11.4 Å². The van der Waals surface area contributed by atoms with Crippen LogP contribution in [0.1, 0.15) is 26.6 Å². The van der Waals surface area contributed by atoms with Crippen LogP contribution in [0.5, 0.6) is 0 Å². The molecule has 2 amide bonds. The monoisotopic (exact) mass is 390 g/mol. The molecule has 2 N–H and O–H groups in total. The Morgan fingerprint density at radius 1 is 1.00 bits per heavy atom. The molecule has 0 unspecified atom stereocenters. The maximum atomic E-state index is 12.5. The van der Waals surface area contributed by atoms with Gasteiger partial charge in [-0.1, -0.05) is 29.4 Å². The molecule has 2 aromatic carbocycles. The molecular weight excluding hydrogens is 377 g/mol. The average Bonchev–Trinajstić information content (AvgIpc) is 3.18. The quantitative estimate of drug-likeness (QED) is 0.712. The first-order chi connectivity index (χ1) is 13.3. The van der Waals surface area contributed by atoms with Crippen LogP contribution in [0.4, 0.5) is 18.9 Å². The van der Waals surface area contributed by atoms with Gasteiger partial charge in [-0.3, -0.25) is 9.59 Å². The first-order valence-corrected chi connectivity index (χ1v) is 7.93. The number of amides is 2. The molecule has 0 saturated heterocycles. The molecule has 0 aliphatic rings. The highest BCUT2D eigenvalue weighted by molar-refractivity contribution is 6.09. The van der Waals surface area contributed by atoms with Crippen LogP contribution in [-0.2, 0) is 6.18 Å². The van der Waals surface area contributed by atoms with Crippen LogP contribution in [0.3, 0.4) is 0 Å². The highest BCUT2D eigenvalue weighted by Gasteiger charge is 2.38. The van der Waals surface area contributed by atoms with E-state index in [1.165, 1.54) is 31.3 Å². The molecule has 7 nitrogen and oxygen atoms in total. The molecule has 0 bridgehead atoms. The molecular formula is C18H13F3N4O3. The lowest BCUT2D eigenvalue weighted by Gasteiger charge is -2.10. The Morgan fingerprint density at radius 3 is 2.29 bits per heavy atom. The van der Waals surface area contributed by atoms with E-state index in [-0.39, 0.29) is 22.9 Å². The number of benzene rings is 2. The van der Waals surface area contributed by atoms with Gasteiger partial charge in [0.2, 0.25) is 5.82 Å². The number of carbonyl (C=O) groups excluding carboxylic acids is 2. The fourth-order valence-corrected chi connectivity index (χ4v) is 2.35. The number of carbonyl (C=O) groups is 2. The van der Waals surface area contributed by atoms with E-state index in [0.717, 1.165) is 0 Å². The smallest absolute Gasteiger partial charge is 0.355 e. The number of alkyl halides is 3. The normalized spacial score (nSPS) is 11.1. The largest absolute Gasteiger partial charge is 0.471 e. The van der Waals surface area contributed by atoms with E-state index >= 15 is 0 Å². The number of nitrogens with zero attached hydrogens (tertiary/aromatic N) is 2. The number of anilines is 1. The van der Waals surface area contributed by atoms with Crippen molar-refractivity contribution in [1.82, 2.24) is 15.5 Å². The summed E-state index contributed by atoms with van der Waals surface area (Å²) in [6, 6.07) is 12.1. The summed E-state index contributed by atoms with van der Waals surface area (Å²) in [4.78, 5) is 27.6. The molecule has 1 aromatic heterocycles. The minimum Gasteiger partial charge on any atom is -0.355 e. The summed E-state index contributed by atoms with van der Waals surface area (Å²) in [7, 11) is 1.47. The van der Waals surface area contributed by atoms with Crippen LogP contribution in [-0.4, -0.2) is 29.0 Å². The van der Waals surface area contributed by atoms with E-state index in [1.54, 1.807) is 24.3 Å². The zero-order valence-corrected chi connectivity index (χ0v) is 14.4. The summed E-state index contributed by atoms with van der Waals surface area (Å²) in [5.41, 5.74) is 1.10. The van der Waals surface area contributed by atoms with Crippen LogP contribution in [0, 0.1) is 0 Å². The van der Waals surface area contributed by atoms with Gasteiger partial charge in [0.25, 0.3) is 11.8 Å². The molecule has 0 aliphatic carbocycles. The van der Waals surface area contributed by atoms with Gasteiger partial charge < -0.3 is 15.2 Å². The average molecular weight is 390 g/mol. The molecule has 1 heterocycles. The fourth-order valence-electron chi connectivity index (χ4n) is 2.35. The molecule has 0 fully saturated rings. The van der Waals surface area contributed by atoms with Gasteiger partial charge in [0, 0.05) is 18.2 Å². The molecule has 28 heavy (non-hydrogen) atoms. The lowest BCUT2D eigenvalue weighted by molar-refractivity contribution is -0.159. The zero-order valence-electron chi connectivity index (χ0n) is 14.4. The van der Waals surface area contributed by atoms with E-state index in [0.29, 0.717) is 11.3 Å². The lowest BCUT2D eigenvalue weighted by Crippen LogP contribution is -2.21. The highest BCUT2D eigenvalue weighted by Crippen LogP contribution is 2.29. The Balaban J connectivity index is 1.78. The zero-order chi connectivity index (χ0) is 20.3. The molecule has 0 spiro atoms. The SMILES string of the molecule is CNC(=O)c1ccccc1NC(=O)c1ccc(-c2noc(C(F)(F)F)n2)cc1. The number of hydrogen-bond donors (Lipinski definition) is 2. The highest BCUT2D eigenvalue weighted by atomic mass is 19.4. The van der Waals surface area contributed by atoms with Crippen molar-refractivity contribution in [1.29, 1.82) is 0 Å². The van der Waals surface area contributed by atoms with Gasteiger partial charge in [-0.15, -0.1) is 0 Å². The molecule has 3 rings (SSSR count). The number of para-hydroxylation sites is 1. The van der Waals surface area contributed by atoms with Gasteiger partial charge in [-0.2, -0.15) is 18.2 Å². The Hall–Kier alpha value is -3.69. The van der Waals surface area contributed by atoms with Gasteiger partial charge in [-0.25, -0.2) is 0 Å². The van der Waals surface area contributed by atoms with Crippen LogP contribution in [0.2, 0.25) is 0 Å². The second-order valence-corrected chi connectivity index (χ2v) is 5.58. The number of hydrogen-bond acceptors (Lipinski definition) is 5. The summed E-state index contributed by atoms with van der Waals surface area (Å²) in [5, 5.41) is 8.39. The van der Waals surface area contributed by atoms with Crippen molar-refractivity contribution in [2.45, 2.75) is 6.18 Å². The van der Waals surface area contributed by atoms with Gasteiger partial charge in [0.05, 0.1) is 11.3 Å². The predicted molar refractivity (Wildman–Crippen MR) is 92.5 cm³/mol. The second kappa shape index (κ2) is 7.51. The molecule has 0 aliphatic heterocycles. The van der Waals surface area contributed by atoms with E-state index in [2.05, 4.69) is 25.3 Å². The third-order valence-electron chi connectivity index (χ3n) is 3.72. The Morgan fingerprint density at radius 2 is 1.68 bits per heavy atom. The maximum absolute atomic E-state index is 12.5. The van der Waals surface area contributed by atoms with Crippen molar-refractivity contribution in [3.8, 4) is 11.4 Å². The molecule has 10 heteroatoms. The van der Waals surface area contributed by atoms with E-state index in [1.807, 2.05) is 0 Å². The summed E-state index contributed by atoms with van der Waals surface area (Å²) in [6.07, 6.45) is -4.73. The minimum absolute atomic E-state index is 0.231. The first-order valence-electron chi connectivity index (χ1n) is 7.93. The van der Waals surface area contributed by atoms with Gasteiger partial charge in [0.1, 0.15) is 0 Å². The van der Waals surface area contributed by atoms with E-state index in [9.17, 15) is 22.8 Å². The molecule has 3 aromatic rings.